The molecule has 1 unspecified atom stereocenters. The summed E-state index contributed by atoms with van der Waals surface area (Å²) in [5, 5.41) is 6.33. The van der Waals surface area contributed by atoms with Crippen molar-refractivity contribution in [1.29, 1.82) is 0 Å². The molecule has 1 atom stereocenters. The molecular formula is C19H18Cl2N2O3. The van der Waals surface area contributed by atoms with E-state index in [1.54, 1.807) is 30.3 Å². The lowest BCUT2D eigenvalue weighted by Gasteiger charge is -2.14. The molecule has 2 N–H and O–H groups in total. The molecule has 1 fully saturated rings. The third-order valence-electron chi connectivity index (χ3n) is 4.06. The minimum Gasteiger partial charge on any atom is -0.376 e. The van der Waals surface area contributed by atoms with Gasteiger partial charge in [0.05, 0.1) is 17.4 Å². The number of amides is 2. The van der Waals surface area contributed by atoms with Gasteiger partial charge in [-0.2, -0.15) is 0 Å². The number of nitrogens with one attached hydrogen (secondary N) is 2. The lowest BCUT2D eigenvalue weighted by Crippen LogP contribution is -2.32. The largest absolute Gasteiger partial charge is 0.376 e. The van der Waals surface area contributed by atoms with Crippen LogP contribution in [0.15, 0.2) is 42.5 Å². The number of hydrogen-bond acceptors (Lipinski definition) is 3. The molecule has 26 heavy (non-hydrogen) atoms. The van der Waals surface area contributed by atoms with Gasteiger partial charge in [-0.25, -0.2) is 0 Å². The Hall–Kier alpha value is -2.08. The van der Waals surface area contributed by atoms with Gasteiger partial charge in [0.25, 0.3) is 11.8 Å². The van der Waals surface area contributed by atoms with Gasteiger partial charge in [-0.3, -0.25) is 9.59 Å². The standard InChI is InChI=1S/C19H18Cl2N2O3/c20-13-8-12(9-14(21)10-13)18(24)23-17-6-2-1-5-16(17)19(25)22-11-15-4-3-7-26-15/h1-2,5-6,8-10,15H,3-4,7,11H2,(H,22,25)(H,23,24). The molecule has 1 aliphatic heterocycles. The summed E-state index contributed by atoms with van der Waals surface area (Å²) in [5.41, 5.74) is 1.11. The molecule has 5 nitrogen and oxygen atoms in total. The Morgan fingerprint density at radius 3 is 2.50 bits per heavy atom. The highest BCUT2D eigenvalue weighted by Gasteiger charge is 2.19. The zero-order valence-electron chi connectivity index (χ0n) is 13.9. The van der Waals surface area contributed by atoms with Crippen molar-refractivity contribution in [2.75, 3.05) is 18.5 Å². The minimum absolute atomic E-state index is 0.0503. The molecule has 2 aromatic carbocycles. The van der Waals surface area contributed by atoms with Crippen LogP contribution in [0.3, 0.4) is 0 Å². The van der Waals surface area contributed by atoms with Crippen LogP contribution in [0, 0.1) is 0 Å². The molecule has 0 aliphatic carbocycles. The first-order valence-corrected chi connectivity index (χ1v) is 9.05. The quantitative estimate of drug-likeness (QED) is 0.802. The zero-order valence-corrected chi connectivity index (χ0v) is 15.4. The summed E-state index contributed by atoms with van der Waals surface area (Å²) in [6.45, 7) is 1.18. The summed E-state index contributed by atoms with van der Waals surface area (Å²) in [4.78, 5) is 25.0. The molecule has 136 valence electrons. The van der Waals surface area contributed by atoms with Gasteiger partial charge in [0.15, 0.2) is 0 Å². The molecule has 7 heteroatoms. The number of hydrogen-bond donors (Lipinski definition) is 2. The summed E-state index contributed by atoms with van der Waals surface area (Å²) < 4.78 is 5.50. The Kier molecular flexibility index (Phi) is 6.14. The van der Waals surface area contributed by atoms with E-state index in [4.69, 9.17) is 27.9 Å². The van der Waals surface area contributed by atoms with E-state index in [0.717, 1.165) is 19.4 Å². The lowest BCUT2D eigenvalue weighted by molar-refractivity contribution is 0.0858. The van der Waals surface area contributed by atoms with E-state index in [9.17, 15) is 9.59 Å². The molecule has 0 saturated carbocycles. The van der Waals surface area contributed by atoms with Crippen LogP contribution < -0.4 is 10.6 Å². The molecule has 3 rings (SSSR count). The average Bonchev–Trinajstić information content (AvgIpc) is 3.13. The molecular weight excluding hydrogens is 375 g/mol. The summed E-state index contributed by atoms with van der Waals surface area (Å²) in [7, 11) is 0. The fourth-order valence-electron chi connectivity index (χ4n) is 2.78. The Morgan fingerprint density at radius 2 is 1.81 bits per heavy atom. The van der Waals surface area contributed by atoms with Crippen molar-refractivity contribution in [3.05, 3.63) is 63.6 Å². The second kappa shape index (κ2) is 8.54. The second-order valence-corrected chi connectivity index (χ2v) is 6.88. The van der Waals surface area contributed by atoms with Gasteiger partial charge in [-0.05, 0) is 43.2 Å². The van der Waals surface area contributed by atoms with Gasteiger partial charge >= 0.3 is 0 Å². The van der Waals surface area contributed by atoms with Crippen LogP contribution in [0.25, 0.3) is 0 Å². The van der Waals surface area contributed by atoms with E-state index in [-0.39, 0.29) is 12.0 Å². The van der Waals surface area contributed by atoms with Gasteiger partial charge in [-0.1, -0.05) is 35.3 Å². The molecule has 1 saturated heterocycles. The highest BCUT2D eigenvalue weighted by Crippen LogP contribution is 2.21. The smallest absolute Gasteiger partial charge is 0.255 e. The third-order valence-corrected chi connectivity index (χ3v) is 4.50. The number of benzene rings is 2. The van der Waals surface area contributed by atoms with Crippen molar-refractivity contribution in [1.82, 2.24) is 5.32 Å². The number of rotatable bonds is 5. The molecule has 2 amide bonds. The van der Waals surface area contributed by atoms with E-state index in [1.807, 2.05) is 0 Å². The first-order chi connectivity index (χ1) is 12.5. The van der Waals surface area contributed by atoms with Gasteiger partial charge in [0.1, 0.15) is 0 Å². The van der Waals surface area contributed by atoms with Crippen molar-refractivity contribution < 1.29 is 14.3 Å². The van der Waals surface area contributed by atoms with E-state index >= 15 is 0 Å². The van der Waals surface area contributed by atoms with Crippen molar-refractivity contribution in [2.24, 2.45) is 0 Å². The predicted octanol–water partition coefficient (Wildman–Crippen LogP) is 4.15. The Bertz CT molecular complexity index is 800. The molecule has 1 heterocycles. The second-order valence-electron chi connectivity index (χ2n) is 6.00. The summed E-state index contributed by atoms with van der Waals surface area (Å²) in [6, 6.07) is 11.4. The Balaban J connectivity index is 1.71. The molecule has 0 spiro atoms. The van der Waals surface area contributed by atoms with Gasteiger partial charge in [0, 0.05) is 28.8 Å². The maximum absolute atomic E-state index is 12.5. The van der Waals surface area contributed by atoms with Crippen molar-refractivity contribution in [3.8, 4) is 0 Å². The SMILES string of the molecule is O=C(Nc1ccccc1C(=O)NCC1CCCO1)c1cc(Cl)cc(Cl)c1. The highest BCUT2D eigenvalue weighted by atomic mass is 35.5. The number of ether oxygens (including phenoxy) is 1. The van der Waals surface area contributed by atoms with Crippen LogP contribution in [0.4, 0.5) is 5.69 Å². The number of carbonyl (C=O) groups excluding carboxylic acids is 2. The number of anilines is 1. The van der Waals surface area contributed by atoms with E-state index in [0.29, 0.717) is 33.4 Å². The predicted molar refractivity (Wildman–Crippen MR) is 102 cm³/mol. The van der Waals surface area contributed by atoms with Crippen molar-refractivity contribution in [2.45, 2.75) is 18.9 Å². The summed E-state index contributed by atoms with van der Waals surface area (Å²) in [6.07, 6.45) is 2.00. The first-order valence-electron chi connectivity index (χ1n) is 8.29. The lowest BCUT2D eigenvalue weighted by atomic mass is 10.1. The van der Waals surface area contributed by atoms with E-state index < -0.39 is 5.91 Å². The van der Waals surface area contributed by atoms with Crippen LogP contribution in [-0.2, 0) is 4.74 Å². The topological polar surface area (TPSA) is 67.4 Å². The minimum atomic E-state index is -0.395. The average molecular weight is 393 g/mol. The maximum Gasteiger partial charge on any atom is 0.255 e. The third kappa shape index (κ3) is 4.75. The molecule has 0 bridgehead atoms. The van der Waals surface area contributed by atoms with E-state index in [1.165, 1.54) is 12.1 Å². The Labute approximate surface area is 161 Å². The number of para-hydroxylation sites is 1. The highest BCUT2D eigenvalue weighted by molar-refractivity contribution is 6.35. The summed E-state index contributed by atoms with van der Waals surface area (Å²) >= 11 is 11.9. The number of halogens is 2. The van der Waals surface area contributed by atoms with E-state index in [2.05, 4.69) is 10.6 Å². The van der Waals surface area contributed by atoms with Gasteiger partial charge in [0.2, 0.25) is 0 Å². The van der Waals surface area contributed by atoms with Crippen LogP contribution >= 0.6 is 23.2 Å². The van der Waals surface area contributed by atoms with Gasteiger partial charge < -0.3 is 15.4 Å². The molecule has 1 aliphatic rings. The van der Waals surface area contributed by atoms with Crippen molar-refractivity contribution >= 4 is 40.7 Å². The van der Waals surface area contributed by atoms with Crippen LogP contribution in [0.1, 0.15) is 33.6 Å². The molecule has 2 aromatic rings. The van der Waals surface area contributed by atoms with Crippen LogP contribution in [-0.4, -0.2) is 31.1 Å². The van der Waals surface area contributed by atoms with Crippen molar-refractivity contribution in [3.63, 3.8) is 0 Å². The maximum atomic E-state index is 12.5. The first kappa shape index (κ1) is 18.7. The fraction of sp³-hybridized carbons (Fsp3) is 0.263. The monoisotopic (exact) mass is 392 g/mol. The molecule has 0 radical (unpaired) electrons. The Morgan fingerprint density at radius 1 is 1.08 bits per heavy atom. The molecule has 0 aromatic heterocycles. The van der Waals surface area contributed by atoms with Crippen LogP contribution in [0.2, 0.25) is 10.0 Å². The van der Waals surface area contributed by atoms with Crippen LogP contribution in [0.5, 0.6) is 0 Å². The zero-order chi connectivity index (χ0) is 18.5. The summed E-state index contributed by atoms with van der Waals surface area (Å²) in [5.74, 6) is -0.658. The number of carbonyl (C=O) groups is 2. The normalized spacial score (nSPS) is 16.3. The van der Waals surface area contributed by atoms with Gasteiger partial charge in [-0.15, -0.1) is 0 Å². The fourth-order valence-corrected chi connectivity index (χ4v) is 3.30.